The van der Waals surface area contributed by atoms with Gasteiger partial charge in [0.2, 0.25) is 0 Å². The SMILES string of the molecule is Cc1csc(C(=O)N2CCC(OCCCN)CC2)c1Cl. The van der Waals surface area contributed by atoms with Gasteiger partial charge < -0.3 is 15.4 Å². The van der Waals surface area contributed by atoms with Crippen molar-refractivity contribution in [2.75, 3.05) is 26.2 Å². The Morgan fingerprint density at radius 3 is 2.80 bits per heavy atom. The lowest BCUT2D eigenvalue weighted by Crippen LogP contribution is -2.40. The highest BCUT2D eigenvalue weighted by atomic mass is 35.5. The van der Waals surface area contributed by atoms with Crippen molar-refractivity contribution in [3.05, 3.63) is 20.8 Å². The summed E-state index contributed by atoms with van der Waals surface area (Å²) >= 11 is 7.59. The number of nitrogens with two attached hydrogens (primary N) is 1. The maximum atomic E-state index is 12.4. The predicted octanol–water partition coefficient (Wildman–Crippen LogP) is 2.68. The predicted molar refractivity (Wildman–Crippen MR) is 82.6 cm³/mol. The van der Waals surface area contributed by atoms with E-state index in [1.165, 1.54) is 11.3 Å². The van der Waals surface area contributed by atoms with E-state index in [2.05, 4.69) is 0 Å². The van der Waals surface area contributed by atoms with Crippen LogP contribution < -0.4 is 5.73 Å². The molecule has 0 saturated carbocycles. The summed E-state index contributed by atoms with van der Waals surface area (Å²) < 4.78 is 5.74. The molecular formula is C14H21ClN2O2S. The summed E-state index contributed by atoms with van der Waals surface area (Å²) in [5.74, 6) is 0.0495. The first-order valence-electron chi connectivity index (χ1n) is 6.98. The first kappa shape index (κ1) is 15.8. The van der Waals surface area contributed by atoms with Crippen LogP contribution in [0, 0.1) is 6.92 Å². The minimum absolute atomic E-state index is 0.0495. The Labute approximate surface area is 128 Å². The maximum absolute atomic E-state index is 12.4. The van der Waals surface area contributed by atoms with Gasteiger partial charge in [0.25, 0.3) is 5.91 Å². The second-order valence-electron chi connectivity index (χ2n) is 5.07. The fourth-order valence-electron chi connectivity index (χ4n) is 2.28. The smallest absolute Gasteiger partial charge is 0.265 e. The molecule has 2 rings (SSSR count). The Kier molecular flexibility index (Phi) is 5.84. The summed E-state index contributed by atoms with van der Waals surface area (Å²) in [6, 6.07) is 0. The van der Waals surface area contributed by atoms with Gasteiger partial charge in [-0.3, -0.25) is 4.79 Å². The number of halogens is 1. The van der Waals surface area contributed by atoms with E-state index in [0.29, 0.717) is 23.1 Å². The molecule has 1 aromatic heterocycles. The molecule has 1 aliphatic rings. The van der Waals surface area contributed by atoms with Crippen LogP contribution in [0.4, 0.5) is 0 Å². The Morgan fingerprint density at radius 2 is 2.25 bits per heavy atom. The van der Waals surface area contributed by atoms with E-state index in [9.17, 15) is 4.79 Å². The zero-order valence-electron chi connectivity index (χ0n) is 11.7. The highest BCUT2D eigenvalue weighted by molar-refractivity contribution is 7.13. The number of thiophene rings is 1. The number of piperidine rings is 1. The quantitative estimate of drug-likeness (QED) is 0.850. The standard InChI is InChI=1S/C14H21ClN2O2S/c1-10-9-20-13(12(10)15)14(18)17-6-3-11(4-7-17)19-8-2-5-16/h9,11H,2-8,16H2,1H3. The third kappa shape index (κ3) is 3.73. The van der Waals surface area contributed by atoms with E-state index >= 15 is 0 Å². The van der Waals surface area contributed by atoms with Gasteiger partial charge in [0.1, 0.15) is 4.88 Å². The van der Waals surface area contributed by atoms with Crippen LogP contribution >= 0.6 is 22.9 Å². The molecule has 4 nitrogen and oxygen atoms in total. The Hall–Kier alpha value is -0.620. The summed E-state index contributed by atoms with van der Waals surface area (Å²) in [6.45, 7) is 4.77. The largest absolute Gasteiger partial charge is 0.378 e. The molecule has 0 bridgehead atoms. The van der Waals surface area contributed by atoms with Gasteiger partial charge in [-0.15, -0.1) is 11.3 Å². The number of hydrogen-bond acceptors (Lipinski definition) is 4. The molecule has 0 atom stereocenters. The molecule has 1 amide bonds. The third-order valence-electron chi connectivity index (χ3n) is 3.52. The maximum Gasteiger partial charge on any atom is 0.265 e. The van der Waals surface area contributed by atoms with Gasteiger partial charge in [0.05, 0.1) is 11.1 Å². The zero-order chi connectivity index (χ0) is 14.5. The Morgan fingerprint density at radius 1 is 1.55 bits per heavy atom. The Bertz CT molecular complexity index is 456. The summed E-state index contributed by atoms with van der Waals surface area (Å²) in [7, 11) is 0. The lowest BCUT2D eigenvalue weighted by molar-refractivity contribution is 0.00858. The summed E-state index contributed by atoms with van der Waals surface area (Å²) in [6.07, 6.45) is 2.92. The second kappa shape index (κ2) is 7.41. The highest BCUT2D eigenvalue weighted by Crippen LogP contribution is 2.29. The monoisotopic (exact) mass is 316 g/mol. The molecule has 0 radical (unpaired) electrons. The van der Waals surface area contributed by atoms with Crippen molar-refractivity contribution in [1.29, 1.82) is 0 Å². The van der Waals surface area contributed by atoms with E-state index in [-0.39, 0.29) is 12.0 Å². The molecule has 1 aromatic rings. The second-order valence-corrected chi connectivity index (χ2v) is 6.32. The number of carbonyl (C=O) groups is 1. The van der Waals surface area contributed by atoms with Crippen LogP contribution in [0.5, 0.6) is 0 Å². The number of ether oxygens (including phenoxy) is 1. The zero-order valence-corrected chi connectivity index (χ0v) is 13.3. The van der Waals surface area contributed by atoms with Gasteiger partial charge in [0.15, 0.2) is 0 Å². The van der Waals surface area contributed by atoms with Gasteiger partial charge in [-0.1, -0.05) is 11.6 Å². The average Bonchev–Trinajstić information content (AvgIpc) is 2.79. The fraction of sp³-hybridized carbons (Fsp3) is 0.643. The number of aryl methyl sites for hydroxylation is 1. The van der Waals surface area contributed by atoms with Crippen LogP contribution in [0.1, 0.15) is 34.5 Å². The fourth-order valence-corrected chi connectivity index (χ4v) is 3.52. The van der Waals surface area contributed by atoms with Crippen molar-refractivity contribution in [2.45, 2.75) is 32.3 Å². The minimum Gasteiger partial charge on any atom is -0.378 e. The van der Waals surface area contributed by atoms with Gasteiger partial charge in [0, 0.05) is 19.7 Å². The lowest BCUT2D eigenvalue weighted by Gasteiger charge is -2.31. The van der Waals surface area contributed by atoms with Crippen LogP contribution in [0.3, 0.4) is 0 Å². The molecule has 0 unspecified atom stereocenters. The van der Waals surface area contributed by atoms with E-state index in [4.69, 9.17) is 22.1 Å². The first-order valence-corrected chi connectivity index (χ1v) is 8.23. The number of nitrogens with zero attached hydrogens (tertiary/aromatic N) is 1. The number of likely N-dealkylation sites (tertiary alicyclic amines) is 1. The number of rotatable bonds is 5. The Balaban J connectivity index is 1.84. The topological polar surface area (TPSA) is 55.6 Å². The molecule has 2 heterocycles. The van der Waals surface area contributed by atoms with Crippen LogP contribution in [0.2, 0.25) is 5.02 Å². The van der Waals surface area contributed by atoms with Gasteiger partial charge >= 0.3 is 0 Å². The van der Waals surface area contributed by atoms with E-state index < -0.39 is 0 Å². The van der Waals surface area contributed by atoms with Crippen molar-refractivity contribution in [2.24, 2.45) is 5.73 Å². The molecule has 2 N–H and O–H groups in total. The molecule has 6 heteroatoms. The van der Waals surface area contributed by atoms with E-state index in [1.54, 1.807) is 0 Å². The van der Waals surface area contributed by atoms with Crippen molar-refractivity contribution >= 4 is 28.8 Å². The molecular weight excluding hydrogens is 296 g/mol. The van der Waals surface area contributed by atoms with Crippen molar-refractivity contribution in [3.63, 3.8) is 0 Å². The molecule has 1 fully saturated rings. The minimum atomic E-state index is 0.0495. The van der Waals surface area contributed by atoms with E-state index in [1.807, 2.05) is 17.2 Å². The van der Waals surface area contributed by atoms with Crippen LogP contribution in [-0.2, 0) is 4.74 Å². The number of hydrogen-bond donors (Lipinski definition) is 1. The van der Waals surface area contributed by atoms with Gasteiger partial charge in [-0.2, -0.15) is 0 Å². The highest BCUT2D eigenvalue weighted by Gasteiger charge is 2.26. The van der Waals surface area contributed by atoms with Gasteiger partial charge in [-0.25, -0.2) is 0 Å². The normalized spacial score (nSPS) is 16.6. The molecule has 1 aliphatic heterocycles. The van der Waals surface area contributed by atoms with Crippen molar-refractivity contribution in [1.82, 2.24) is 4.90 Å². The third-order valence-corrected chi connectivity index (χ3v) is 5.21. The molecule has 0 spiro atoms. The van der Waals surface area contributed by atoms with Crippen LogP contribution in [0.25, 0.3) is 0 Å². The molecule has 20 heavy (non-hydrogen) atoms. The summed E-state index contributed by atoms with van der Waals surface area (Å²) in [4.78, 5) is 14.9. The molecule has 0 aromatic carbocycles. The van der Waals surface area contributed by atoms with Crippen LogP contribution in [-0.4, -0.2) is 43.2 Å². The van der Waals surface area contributed by atoms with Crippen LogP contribution in [0.15, 0.2) is 5.38 Å². The number of amides is 1. The van der Waals surface area contributed by atoms with E-state index in [0.717, 1.165) is 37.9 Å². The van der Waals surface area contributed by atoms with Gasteiger partial charge in [-0.05, 0) is 43.7 Å². The lowest BCUT2D eigenvalue weighted by atomic mass is 10.1. The molecule has 112 valence electrons. The number of carbonyl (C=O) groups excluding carboxylic acids is 1. The molecule has 0 aliphatic carbocycles. The van der Waals surface area contributed by atoms with Crippen molar-refractivity contribution in [3.8, 4) is 0 Å². The molecule has 1 saturated heterocycles. The average molecular weight is 317 g/mol. The summed E-state index contributed by atoms with van der Waals surface area (Å²) in [5, 5.41) is 2.53. The summed E-state index contributed by atoms with van der Waals surface area (Å²) in [5.41, 5.74) is 6.41. The van der Waals surface area contributed by atoms with Crippen molar-refractivity contribution < 1.29 is 9.53 Å². The first-order chi connectivity index (χ1) is 9.63.